The molecule has 0 bridgehead atoms. The number of aryl methyl sites for hydroxylation is 1. The Labute approximate surface area is 194 Å². The fourth-order valence-corrected chi connectivity index (χ4v) is 5.79. The zero-order valence-corrected chi connectivity index (χ0v) is 18.4. The molecule has 3 fully saturated rings. The average Bonchev–Trinajstić information content (AvgIpc) is 3.47. The van der Waals surface area contributed by atoms with Gasteiger partial charge in [-0.1, -0.05) is 6.07 Å². The molecular weight excluding hydrogens is 445 g/mol. The predicted molar refractivity (Wildman–Crippen MR) is 116 cm³/mol. The number of halogens is 3. The van der Waals surface area contributed by atoms with Crippen molar-refractivity contribution in [2.45, 2.75) is 44.3 Å². The van der Waals surface area contributed by atoms with E-state index in [1.54, 1.807) is 6.20 Å². The molecule has 9 heteroatoms. The molecule has 3 aromatic heterocycles. The standard InChI is InChI=1S/C25H23F3N4O2/c1-14-5-7-17(18-4-2-3-9-29-18)21(31-14)23(33)32-13-16-10-24(16)11-19(22(24)32)34-20-8-6-15(12-30-20)25(26,27)28/h2-9,12,16,19,22-23,33H,10-11,13H2,1H3. The first-order valence-corrected chi connectivity index (χ1v) is 11.3. The maximum Gasteiger partial charge on any atom is 0.417 e. The Morgan fingerprint density at radius 2 is 1.97 bits per heavy atom. The molecule has 2 aliphatic carbocycles. The minimum atomic E-state index is -4.44. The minimum absolute atomic E-state index is 0.0458. The van der Waals surface area contributed by atoms with Gasteiger partial charge in [0, 0.05) is 36.3 Å². The number of nitrogens with zero attached hydrogens (tertiary/aromatic N) is 4. The van der Waals surface area contributed by atoms with Crippen LogP contribution >= 0.6 is 0 Å². The lowest BCUT2D eigenvalue weighted by Crippen LogP contribution is -2.58. The second kappa shape index (κ2) is 7.48. The predicted octanol–water partition coefficient (Wildman–Crippen LogP) is 4.40. The fourth-order valence-electron chi connectivity index (χ4n) is 5.79. The van der Waals surface area contributed by atoms with E-state index >= 15 is 0 Å². The molecule has 176 valence electrons. The van der Waals surface area contributed by atoms with Crippen molar-refractivity contribution in [2.75, 3.05) is 6.54 Å². The number of aromatic nitrogens is 3. The minimum Gasteiger partial charge on any atom is -0.473 e. The molecule has 0 radical (unpaired) electrons. The summed E-state index contributed by atoms with van der Waals surface area (Å²) in [4.78, 5) is 15.0. The number of alkyl halides is 3. The van der Waals surface area contributed by atoms with Crippen LogP contribution in [0.2, 0.25) is 0 Å². The van der Waals surface area contributed by atoms with E-state index in [1.807, 2.05) is 42.2 Å². The van der Waals surface area contributed by atoms with Gasteiger partial charge in [-0.25, -0.2) is 4.98 Å². The number of pyridine rings is 3. The number of aliphatic hydroxyl groups is 1. The lowest BCUT2D eigenvalue weighted by atomic mass is 9.73. The Balaban J connectivity index is 1.26. The molecule has 1 N–H and O–H groups in total. The molecule has 2 saturated carbocycles. The normalized spacial score (nSPS) is 28.6. The van der Waals surface area contributed by atoms with Crippen molar-refractivity contribution in [1.29, 1.82) is 0 Å². The van der Waals surface area contributed by atoms with Crippen LogP contribution in [-0.4, -0.2) is 43.6 Å². The van der Waals surface area contributed by atoms with Crippen molar-refractivity contribution in [2.24, 2.45) is 11.3 Å². The first-order chi connectivity index (χ1) is 16.3. The second-order valence-corrected chi connectivity index (χ2v) is 9.49. The molecule has 6 rings (SSSR count). The third-order valence-electron chi connectivity index (χ3n) is 7.49. The van der Waals surface area contributed by atoms with Crippen LogP contribution in [0.15, 0.2) is 54.9 Å². The Hall–Kier alpha value is -3.04. The summed E-state index contributed by atoms with van der Waals surface area (Å²) in [7, 11) is 0. The Morgan fingerprint density at radius 1 is 1.12 bits per heavy atom. The van der Waals surface area contributed by atoms with Gasteiger partial charge in [0.2, 0.25) is 5.88 Å². The highest BCUT2D eigenvalue weighted by molar-refractivity contribution is 5.62. The number of rotatable bonds is 5. The van der Waals surface area contributed by atoms with Gasteiger partial charge in [0.15, 0.2) is 6.23 Å². The molecule has 0 amide bonds. The van der Waals surface area contributed by atoms with Gasteiger partial charge >= 0.3 is 6.18 Å². The van der Waals surface area contributed by atoms with E-state index in [9.17, 15) is 18.3 Å². The van der Waals surface area contributed by atoms with Gasteiger partial charge in [0.25, 0.3) is 0 Å². The Kier molecular flexibility index (Phi) is 4.73. The van der Waals surface area contributed by atoms with Crippen LogP contribution in [0.5, 0.6) is 5.88 Å². The van der Waals surface area contributed by atoms with Crippen molar-refractivity contribution in [3.8, 4) is 17.1 Å². The highest BCUT2D eigenvalue weighted by Gasteiger charge is 2.75. The second-order valence-electron chi connectivity index (χ2n) is 9.49. The third-order valence-corrected chi connectivity index (χ3v) is 7.49. The van der Waals surface area contributed by atoms with Gasteiger partial charge in [0.1, 0.15) is 6.10 Å². The average molecular weight is 468 g/mol. The molecule has 4 heterocycles. The van der Waals surface area contributed by atoms with E-state index in [0.29, 0.717) is 11.6 Å². The molecule has 34 heavy (non-hydrogen) atoms. The quantitative estimate of drug-likeness (QED) is 0.599. The summed E-state index contributed by atoms with van der Waals surface area (Å²) >= 11 is 0. The number of piperidine rings is 1. The summed E-state index contributed by atoms with van der Waals surface area (Å²) in [6, 6.07) is 11.6. The van der Waals surface area contributed by atoms with Gasteiger partial charge in [-0.15, -0.1) is 0 Å². The monoisotopic (exact) mass is 468 g/mol. The van der Waals surface area contributed by atoms with Crippen LogP contribution in [-0.2, 0) is 6.18 Å². The van der Waals surface area contributed by atoms with Crippen molar-refractivity contribution in [1.82, 2.24) is 19.9 Å². The molecule has 3 aliphatic rings. The van der Waals surface area contributed by atoms with E-state index < -0.39 is 18.0 Å². The Morgan fingerprint density at radius 3 is 2.68 bits per heavy atom. The molecule has 5 unspecified atom stereocenters. The highest BCUT2D eigenvalue weighted by atomic mass is 19.4. The number of aliphatic hydroxyl groups excluding tert-OH is 1. The fraction of sp³-hybridized carbons (Fsp3) is 0.400. The summed E-state index contributed by atoms with van der Waals surface area (Å²) < 4.78 is 44.6. The van der Waals surface area contributed by atoms with Crippen LogP contribution in [0.1, 0.15) is 36.0 Å². The topological polar surface area (TPSA) is 71.4 Å². The summed E-state index contributed by atoms with van der Waals surface area (Å²) in [6.45, 7) is 2.61. The molecule has 3 aromatic rings. The summed E-state index contributed by atoms with van der Waals surface area (Å²) in [5, 5.41) is 11.5. The van der Waals surface area contributed by atoms with Crippen molar-refractivity contribution < 1.29 is 23.0 Å². The molecule has 1 spiro atoms. The van der Waals surface area contributed by atoms with Gasteiger partial charge < -0.3 is 9.84 Å². The van der Waals surface area contributed by atoms with Crippen LogP contribution in [0, 0.1) is 18.3 Å². The molecule has 6 nitrogen and oxygen atoms in total. The van der Waals surface area contributed by atoms with Gasteiger partial charge in [0.05, 0.1) is 23.0 Å². The van der Waals surface area contributed by atoms with Crippen molar-refractivity contribution in [3.05, 3.63) is 71.8 Å². The van der Waals surface area contributed by atoms with E-state index in [0.717, 1.165) is 48.6 Å². The maximum absolute atomic E-state index is 12.9. The highest BCUT2D eigenvalue weighted by Crippen LogP contribution is 2.72. The summed E-state index contributed by atoms with van der Waals surface area (Å²) in [5.74, 6) is 0.643. The molecule has 1 saturated heterocycles. The van der Waals surface area contributed by atoms with Crippen LogP contribution < -0.4 is 4.74 Å². The first kappa shape index (κ1) is 21.5. The molecular formula is C25H23F3N4O2. The smallest absolute Gasteiger partial charge is 0.417 e. The molecule has 1 aliphatic heterocycles. The van der Waals surface area contributed by atoms with Crippen LogP contribution in [0.3, 0.4) is 0 Å². The lowest BCUT2D eigenvalue weighted by Gasteiger charge is -2.48. The lowest BCUT2D eigenvalue weighted by molar-refractivity contribution is -0.138. The largest absolute Gasteiger partial charge is 0.473 e. The first-order valence-electron chi connectivity index (χ1n) is 11.3. The van der Waals surface area contributed by atoms with E-state index in [1.165, 1.54) is 6.07 Å². The van der Waals surface area contributed by atoms with E-state index in [-0.39, 0.29) is 23.4 Å². The van der Waals surface area contributed by atoms with E-state index in [2.05, 4.69) is 15.0 Å². The van der Waals surface area contributed by atoms with Gasteiger partial charge in [-0.05, 0) is 61.4 Å². The number of likely N-dealkylation sites (tertiary alicyclic amines) is 1. The molecule has 0 aromatic carbocycles. The van der Waals surface area contributed by atoms with Gasteiger partial charge in [-0.3, -0.25) is 14.9 Å². The zero-order chi connectivity index (χ0) is 23.7. The number of hydrogen-bond donors (Lipinski definition) is 1. The number of ether oxygens (including phenoxy) is 1. The zero-order valence-electron chi connectivity index (χ0n) is 18.4. The Bertz CT molecular complexity index is 1220. The van der Waals surface area contributed by atoms with Crippen molar-refractivity contribution in [3.63, 3.8) is 0 Å². The SMILES string of the molecule is Cc1ccc(-c2ccccn2)c(C(O)N2CC3CC34CC(Oc3ccc(C(F)(F)F)cn3)C24)n1. The summed E-state index contributed by atoms with van der Waals surface area (Å²) in [6.07, 6.45) is -1.25. The van der Waals surface area contributed by atoms with E-state index in [4.69, 9.17) is 4.74 Å². The van der Waals surface area contributed by atoms with Gasteiger partial charge in [-0.2, -0.15) is 13.2 Å². The third kappa shape index (κ3) is 3.37. The maximum atomic E-state index is 12.9. The van der Waals surface area contributed by atoms with Crippen LogP contribution in [0.25, 0.3) is 11.3 Å². The molecule has 5 atom stereocenters. The van der Waals surface area contributed by atoms with Crippen molar-refractivity contribution >= 4 is 0 Å². The summed E-state index contributed by atoms with van der Waals surface area (Å²) in [5.41, 5.74) is 2.15. The number of hydrogen-bond acceptors (Lipinski definition) is 6. The van der Waals surface area contributed by atoms with Crippen LogP contribution in [0.4, 0.5) is 13.2 Å².